The monoisotopic (exact) mass is 338 g/mol. The van der Waals surface area contributed by atoms with Gasteiger partial charge in [-0.05, 0) is 81.8 Å². The molecule has 124 valence electrons. The van der Waals surface area contributed by atoms with Gasteiger partial charge in [-0.2, -0.15) is 10.0 Å². The molecular weight excluding hydrogens is 315 g/mol. The number of hydrogen-bond donors (Lipinski definition) is 0. The van der Waals surface area contributed by atoms with Crippen LogP contribution in [-0.4, -0.2) is 12.5 Å². The fourth-order valence-electron chi connectivity index (χ4n) is 2.83. The van der Waals surface area contributed by atoms with Crippen LogP contribution in [0.25, 0.3) is 11.1 Å². The van der Waals surface area contributed by atoms with Crippen LogP contribution in [0.4, 0.5) is 4.39 Å². The summed E-state index contributed by atoms with van der Waals surface area (Å²) in [6, 6.07) is 24.5. The number of hydrogen-bond acceptors (Lipinski definition) is 0. The van der Waals surface area contributed by atoms with E-state index in [4.69, 9.17) is 0 Å². The van der Waals surface area contributed by atoms with Gasteiger partial charge in [-0.3, -0.25) is 0 Å². The SMILES string of the molecule is CCc1ccc(-c2ccc(S(C)(C)c3ccc(F)cc3)cc2)cc1. The Morgan fingerprint density at radius 2 is 1.08 bits per heavy atom. The fourth-order valence-corrected chi connectivity index (χ4v) is 4.74. The van der Waals surface area contributed by atoms with Gasteiger partial charge in [0, 0.05) is 0 Å². The third-order valence-corrected chi connectivity index (χ3v) is 7.44. The molecule has 0 N–H and O–H groups in total. The van der Waals surface area contributed by atoms with Crippen molar-refractivity contribution in [2.75, 3.05) is 12.5 Å². The Morgan fingerprint density at radius 3 is 1.54 bits per heavy atom. The highest BCUT2D eigenvalue weighted by Crippen LogP contribution is 2.56. The van der Waals surface area contributed by atoms with Crippen LogP contribution in [0.3, 0.4) is 0 Å². The molecule has 0 saturated carbocycles. The Hall–Kier alpha value is -2.06. The summed E-state index contributed by atoms with van der Waals surface area (Å²) in [4.78, 5) is 2.51. The summed E-state index contributed by atoms with van der Waals surface area (Å²) in [5, 5.41) is 0. The molecule has 3 rings (SSSR count). The molecule has 0 saturated heterocycles. The maximum Gasteiger partial charge on any atom is 0.123 e. The minimum atomic E-state index is -1.13. The van der Waals surface area contributed by atoms with Gasteiger partial charge in [0.1, 0.15) is 5.82 Å². The van der Waals surface area contributed by atoms with Crippen molar-refractivity contribution >= 4 is 10.0 Å². The van der Waals surface area contributed by atoms with Crippen molar-refractivity contribution in [3.05, 3.63) is 84.2 Å². The Kier molecular flexibility index (Phi) is 4.77. The van der Waals surface area contributed by atoms with Crippen molar-refractivity contribution in [3.63, 3.8) is 0 Å². The summed E-state index contributed by atoms with van der Waals surface area (Å²) in [5.41, 5.74) is 3.83. The van der Waals surface area contributed by atoms with Gasteiger partial charge in [0.25, 0.3) is 0 Å². The van der Waals surface area contributed by atoms with Crippen molar-refractivity contribution in [3.8, 4) is 11.1 Å². The van der Waals surface area contributed by atoms with E-state index in [0.717, 1.165) is 6.42 Å². The minimum Gasteiger partial charge on any atom is -0.207 e. The summed E-state index contributed by atoms with van der Waals surface area (Å²) in [7, 11) is -1.13. The van der Waals surface area contributed by atoms with Crippen molar-refractivity contribution < 1.29 is 4.39 Å². The largest absolute Gasteiger partial charge is 0.207 e. The van der Waals surface area contributed by atoms with Crippen LogP contribution in [0.1, 0.15) is 12.5 Å². The van der Waals surface area contributed by atoms with Crippen molar-refractivity contribution in [2.24, 2.45) is 0 Å². The lowest BCUT2D eigenvalue weighted by Gasteiger charge is -2.32. The molecule has 0 atom stereocenters. The number of rotatable bonds is 4. The van der Waals surface area contributed by atoms with Gasteiger partial charge in [0.05, 0.1) is 0 Å². The second-order valence-electron chi connectivity index (χ2n) is 6.36. The topological polar surface area (TPSA) is 0 Å². The standard InChI is InChI=1S/C22H23FS/c1-4-17-5-7-18(8-6-17)19-9-13-21(14-10-19)24(2,3)22-15-11-20(23)12-16-22/h5-16H,4H2,1-3H3. The second kappa shape index (κ2) is 6.82. The first-order valence-electron chi connectivity index (χ1n) is 8.19. The van der Waals surface area contributed by atoms with E-state index >= 15 is 0 Å². The number of halogens is 1. The summed E-state index contributed by atoms with van der Waals surface area (Å²) in [5.74, 6) is -0.181. The lowest BCUT2D eigenvalue weighted by Crippen LogP contribution is -1.97. The predicted octanol–water partition coefficient (Wildman–Crippen LogP) is 6.54. The number of benzene rings is 3. The molecule has 0 amide bonds. The van der Waals surface area contributed by atoms with Crippen LogP contribution >= 0.6 is 10.0 Å². The quantitative estimate of drug-likeness (QED) is 0.507. The first-order valence-corrected chi connectivity index (χ1v) is 10.6. The van der Waals surface area contributed by atoms with Crippen molar-refractivity contribution in [1.29, 1.82) is 0 Å². The molecule has 0 unspecified atom stereocenters. The van der Waals surface area contributed by atoms with Gasteiger partial charge in [-0.25, -0.2) is 4.39 Å². The van der Waals surface area contributed by atoms with E-state index in [1.54, 1.807) is 12.1 Å². The average molecular weight is 338 g/mol. The number of aryl methyl sites for hydroxylation is 1. The smallest absolute Gasteiger partial charge is 0.123 e. The molecule has 0 bridgehead atoms. The molecule has 2 heteroatoms. The maximum atomic E-state index is 13.2. The lowest BCUT2D eigenvalue weighted by atomic mass is 10.0. The van der Waals surface area contributed by atoms with E-state index in [-0.39, 0.29) is 5.82 Å². The zero-order valence-corrected chi connectivity index (χ0v) is 15.2. The van der Waals surface area contributed by atoms with Crippen molar-refractivity contribution in [1.82, 2.24) is 0 Å². The zero-order chi connectivity index (χ0) is 17.2. The van der Waals surface area contributed by atoms with Gasteiger partial charge >= 0.3 is 0 Å². The highest BCUT2D eigenvalue weighted by molar-refractivity contribution is 8.32. The highest BCUT2D eigenvalue weighted by atomic mass is 32.3. The molecule has 3 aromatic rings. The van der Waals surface area contributed by atoms with E-state index in [2.05, 4.69) is 68.0 Å². The summed E-state index contributed by atoms with van der Waals surface area (Å²) in [6.07, 6.45) is 5.57. The maximum absolute atomic E-state index is 13.2. The Bertz CT molecular complexity index is 800. The van der Waals surface area contributed by atoms with Crippen LogP contribution in [0.2, 0.25) is 0 Å². The van der Waals surface area contributed by atoms with Gasteiger partial charge < -0.3 is 0 Å². The van der Waals surface area contributed by atoms with E-state index < -0.39 is 10.0 Å². The normalized spacial score (nSPS) is 12.2. The molecule has 0 aliphatic heterocycles. The van der Waals surface area contributed by atoms with E-state index in [0.29, 0.717) is 0 Å². The van der Waals surface area contributed by atoms with E-state index in [1.165, 1.54) is 26.5 Å². The van der Waals surface area contributed by atoms with Gasteiger partial charge in [-0.15, -0.1) is 0 Å². The zero-order valence-electron chi connectivity index (χ0n) is 14.4. The van der Waals surface area contributed by atoms with E-state index in [1.807, 2.05) is 12.1 Å². The van der Waals surface area contributed by atoms with Crippen LogP contribution in [0, 0.1) is 5.82 Å². The Labute approximate surface area is 145 Å². The molecule has 0 aliphatic rings. The molecular formula is C22H23FS. The molecule has 0 nitrogen and oxygen atoms in total. The minimum absolute atomic E-state index is 0.181. The molecule has 0 aromatic heterocycles. The molecule has 0 heterocycles. The van der Waals surface area contributed by atoms with E-state index in [9.17, 15) is 4.39 Å². The molecule has 0 aliphatic carbocycles. The first kappa shape index (κ1) is 16.8. The molecule has 24 heavy (non-hydrogen) atoms. The molecule has 3 aromatic carbocycles. The van der Waals surface area contributed by atoms with Crippen LogP contribution in [-0.2, 0) is 6.42 Å². The third-order valence-electron chi connectivity index (χ3n) is 4.54. The Morgan fingerprint density at radius 1 is 0.667 bits per heavy atom. The van der Waals surface area contributed by atoms with Crippen molar-refractivity contribution in [2.45, 2.75) is 23.1 Å². The average Bonchev–Trinajstić information content (AvgIpc) is 2.62. The van der Waals surface area contributed by atoms with Crippen LogP contribution in [0.5, 0.6) is 0 Å². The third kappa shape index (κ3) is 3.39. The molecule has 0 fully saturated rings. The Balaban J connectivity index is 1.89. The summed E-state index contributed by atoms with van der Waals surface area (Å²) in [6.45, 7) is 2.17. The predicted molar refractivity (Wildman–Crippen MR) is 104 cm³/mol. The summed E-state index contributed by atoms with van der Waals surface area (Å²) < 4.78 is 13.2. The molecule has 0 spiro atoms. The van der Waals surface area contributed by atoms with Gasteiger partial charge in [0.2, 0.25) is 0 Å². The van der Waals surface area contributed by atoms with Crippen LogP contribution in [0.15, 0.2) is 82.6 Å². The van der Waals surface area contributed by atoms with Crippen LogP contribution < -0.4 is 0 Å². The van der Waals surface area contributed by atoms with Gasteiger partial charge in [-0.1, -0.05) is 43.3 Å². The van der Waals surface area contributed by atoms with Gasteiger partial charge in [0.15, 0.2) is 0 Å². The second-order valence-corrected chi connectivity index (χ2v) is 9.95. The first-order chi connectivity index (χ1) is 11.5. The lowest BCUT2D eigenvalue weighted by molar-refractivity contribution is 0.626. The highest BCUT2D eigenvalue weighted by Gasteiger charge is 2.17. The molecule has 0 radical (unpaired) electrons. The summed E-state index contributed by atoms with van der Waals surface area (Å²) >= 11 is 0. The fraction of sp³-hybridized carbons (Fsp3) is 0.182.